The predicted octanol–water partition coefficient (Wildman–Crippen LogP) is 6.24. The molecule has 4 aromatic carbocycles. The minimum absolute atomic E-state index is 0.0186. The van der Waals surface area contributed by atoms with Gasteiger partial charge in [0.05, 0.1) is 6.42 Å². The smallest absolute Gasteiger partial charge is 0.303 e. The third-order valence-corrected chi connectivity index (χ3v) is 6.88. The summed E-state index contributed by atoms with van der Waals surface area (Å²) in [6.45, 7) is 2.71. The largest absolute Gasteiger partial charge is 0.481 e. The topological polar surface area (TPSA) is 66.4 Å². The minimum Gasteiger partial charge on any atom is -0.481 e. The van der Waals surface area contributed by atoms with E-state index >= 15 is 0 Å². The van der Waals surface area contributed by atoms with Crippen molar-refractivity contribution < 1.29 is 14.7 Å². The van der Waals surface area contributed by atoms with Gasteiger partial charge >= 0.3 is 5.97 Å². The average molecular weight is 480 g/mol. The summed E-state index contributed by atoms with van der Waals surface area (Å²) >= 11 is 0. The standard InChI is InChI=1S/C32H33NO3/c1-23-9-5-6-10-24(23)19-20-33-31(34)22-28-14-8-15-29-27(13-7-16-30(28)29)21-26(17-18-32(35)36)25-11-3-2-4-12-25/h2-16,26H,17-22H2,1H3,(H,33,34)(H,35,36). The first-order valence-corrected chi connectivity index (χ1v) is 12.6. The van der Waals surface area contributed by atoms with Crippen molar-refractivity contribution in [3.8, 4) is 0 Å². The number of nitrogens with one attached hydrogen (secondary N) is 1. The maximum Gasteiger partial charge on any atom is 0.303 e. The van der Waals surface area contributed by atoms with E-state index in [0.717, 1.165) is 34.7 Å². The minimum atomic E-state index is -0.774. The fourth-order valence-electron chi connectivity index (χ4n) is 4.91. The van der Waals surface area contributed by atoms with Crippen LogP contribution in [0.5, 0.6) is 0 Å². The number of rotatable bonds is 11. The Kier molecular flexibility index (Phi) is 8.51. The van der Waals surface area contributed by atoms with Crippen molar-refractivity contribution in [3.63, 3.8) is 0 Å². The molecule has 0 spiro atoms. The monoisotopic (exact) mass is 479 g/mol. The molecular formula is C32H33NO3. The molecule has 0 saturated heterocycles. The number of hydrogen-bond acceptors (Lipinski definition) is 2. The lowest BCUT2D eigenvalue weighted by molar-refractivity contribution is -0.137. The number of carbonyl (C=O) groups excluding carboxylic acids is 1. The summed E-state index contributed by atoms with van der Waals surface area (Å²) in [5.74, 6) is -0.643. The Balaban J connectivity index is 1.49. The van der Waals surface area contributed by atoms with E-state index in [4.69, 9.17) is 0 Å². The molecule has 0 fully saturated rings. The van der Waals surface area contributed by atoms with E-state index in [-0.39, 0.29) is 18.2 Å². The molecule has 4 rings (SSSR count). The van der Waals surface area contributed by atoms with Crippen LogP contribution in [-0.2, 0) is 28.9 Å². The first-order valence-electron chi connectivity index (χ1n) is 12.6. The second-order valence-electron chi connectivity index (χ2n) is 9.38. The van der Waals surface area contributed by atoms with Crippen molar-refractivity contribution in [1.29, 1.82) is 0 Å². The Morgan fingerprint density at radius 2 is 1.42 bits per heavy atom. The van der Waals surface area contributed by atoms with Crippen LogP contribution in [0.4, 0.5) is 0 Å². The number of hydrogen-bond donors (Lipinski definition) is 2. The van der Waals surface area contributed by atoms with Gasteiger partial charge in [-0.1, -0.05) is 91.0 Å². The molecule has 184 valence electrons. The van der Waals surface area contributed by atoms with Gasteiger partial charge in [-0.25, -0.2) is 0 Å². The summed E-state index contributed by atoms with van der Waals surface area (Å²) in [5.41, 5.74) is 5.83. The molecule has 1 atom stereocenters. The molecular weight excluding hydrogens is 446 g/mol. The third kappa shape index (κ3) is 6.60. The van der Waals surface area contributed by atoms with Crippen LogP contribution < -0.4 is 5.32 Å². The molecule has 0 aliphatic rings. The van der Waals surface area contributed by atoms with E-state index in [0.29, 0.717) is 19.4 Å². The zero-order valence-electron chi connectivity index (χ0n) is 20.7. The van der Waals surface area contributed by atoms with Crippen LogP contribution in [0.1, 0.15) is 46.6 Å². The van der Waals surface area contributed by atoms with Gasteiger partial charge in [-0.2, -0.15) is 0 Å². The highest BCUT2D eigenvalue weighted by Crippen LogP contribution is 2.30. The number of amides is 1. The lowest BCUT2D eigenvalue weighted by Gasteiger charge is -2.19. The molecule has 4 nitrogen and oxygen atoms in total. The highest BCUT2D eigenvalue weighted by Gasteiger charge is 2.16. The fourth-order valence-corrected chi connectivity index (χ4v) is 4.91. The van der Waals surface area contributed by atoms with Crippen LogP contribution in [0.25, 0.3) is 10.8 Å². The zero-order chi connectivity index (χ0) is 25.3. The van der Waals surface area contributed by atoms with Crippen molar-refractivity contribution in [2.24, 2.45) is 0 Å². The van der Waals surface area contributed by atoms with Gasteiger partial charge in [-0.15, -0.1) is 0 Å². The van der Waals surface area contributed by atoms with Gasteiger partial charge in [0.2, 0.25) is 5.91 Å². The molecule has 0 aliphatic carbocycles. The molecule has 0 bridgehead atoms. The Labute approximate surface area is 213 Å². The van der Waals surface area contributed by atoms with Crippen molar-refractivity contribution in [2.75, 3.05) is 6.54 Å². The molecule has 0 heterocycles. The number of benzene rings is 4. The van der Waals surface area contributed by atoms with Crippen LogP contribution >= 0.6 is 0 Å². The van der Waals surface area contributed by atoms with Crippen molar-refractivity contribution in [2.45, 2.75) is 44.9 Å². The molecule has 0 radical (unpaired) electrons. The number of aryl methyl sites for hydroxylation is 1. The Morgan fingerprint density at radius 3 is 2.14 bits per heavy atom. The van der Waals surface area contributed by atoms with E-state index in [1.54, 1.807) is 0 Å². The number of fused-ring (bicyclic) bond motifs is 1. The van der Waals surface area contributed by atoms with E-state index in [9.17, 15) is 14.7 Å². The molecule has 0 saturated carbocycles. The Morgan fingerprint density at radius 1 is 0.778 bits per heavy atom. The molecule has 36 heavy (non-hydrogen) atoms. The van der Waals surface area contributed by atoms with Gasteiger partial charge in [0, 0.05) is 13.0 Å². The number of carboxylic acids is 1. The SMILES string of the molecule is Cc1ccccc1CCNC(=O)Cc1cccc2c(CC(CCC(=O)O)c3ccccc3)cccc12. The van der Waals surface area contributed by atoms with Gasteiger partial charge in [0.1, 0.15) is 0 Å². The summed E-state index contributed by atoms with van der Waals surface area (Å²) in [6.07, 6.45) is 2.61. The first kappa shape index (κ1) is 25.2. The van der Waals surface area contributed by atoms with Crippen LogP contribution in [0.3, 0.4) is 0 Å². The van der Waals surface area contributed by atoms with E-state index in [1.807, 2.05) is 48.5 Å². The maximum absolute atomic E-state index is 12.8. The van der Waals surface area contributed by atoms with Crippen LogP contribution in [0.2, 0.25) is 0 Å². The van der Waals surface area contributed by atoms with Gasteiger partial charge in [-0.3, -0.25) is 9.59 Å². The highest BCUT2D eigenvalue weighted by molar-refractivity contribution is 5.92. The Bertz CT molecular complexity index is 1330. The highest BCUT2D eigenvalue weighted by atomic mass is 16.4. The summed E-state index contributed by atoms with van der Waals surface area (Å²) in [4.78, 5) is 24.0. The van der Waals surface area contributed by atoms with E-state index in [2.05, 4.69) is 54.7 Å². The molecule has 0 aromatic heterocycles. The molecule has 1 unspecified atom stereocenters. The predicted molar refractivity (Wildman–Crippen MR) is 145 cm³/mol. The van der Waals surface area contributed by atoms with Crippen molar-refractivity contribution in [3.05, 3.63) is 119 Å². The van der Waals surface area contributed by atoms with Gasteiger partial charge in [0.25, 0.3) is 0 Å². The second kappa shape index (κ2) is 12.2. The molecule has 4 heteroatoms. The van der Waals surface area contributed by atoms with Crippen LogP contribution in [0, 0.1) is 6.92 Å². The second-order valence-corrected chi connectivity index (χ2v) is 9.38. The van der Waals surface area contributed by atoms with Crippen molar-refractivity contribution in [1.82, 2.24) is 5.32 Å². The normalized spacial score (nSPS) is 11.8. The number of carbonyl (C=O) groups is 2. The van der Waals surface area contributed by atoms with Crippen molar-refractivity contribution >= 4 is 22.6 Å². The van der Waals surface area contributed by atoms with E-state index < -0.39 is 5.97 Å². The molecule has 0 aliphatic heterocycles. The fraction of sp³-hybridized carbons (Fsp3) is 0.250. The van der Waals surface area contributed by atoms with Gasteiger partial charge < -0.3 is 10.4 Å². The molecule has 2 N–H and O–H groups in total. The van der Waals surface area contributed by atoms with Gasteiger partial charge in [-0.05, 0) is 70.7 Å². The first-order chi connectivity index (χ1) is 17.5. The maximum atomic E-state index is 12.8. The molecule has 4 aromatic rings. The summed E-state index contributed by atoms with van der Waals surface area (Å²) < 4.78 is 0. The zero-order valence-corrected chi connectivity index (χ0v) is 20.7. The molecule has 1 amide bonds. The third-order valence-electron chi connectivity index (χ3n) is 6.88. The van der Waals surface area contributed by atoms with Crippen LogP contribution in [-0.4, -0.2) is 23.5 Å². The summed E-state index contributed by atoms with van der Waals surface area (Å²) in [7, 11) is 0. The van der Waals surface area contributed by atoms with Crippen LogP contribution in [0.15, 0.2) is 91.0 Å². The quantitative estimate of drug-likeness (QED) is 0.268. The van der Waals surface area contributed by atoms with Gasteiger partial charge in [0.15, 0.2) is 0 Å². The number of carboxylic acid groups (broad SMARTS) is 1. The number of aliphatic carboxylic acids is 1. The Hall–Kier alpha value is -3.92. The average Bonchev–Trinajstić information content (AvgIpc) is 2.88. The lowest BCUT2D eigenvalue weighted by atomic mass is 9.86. The summed E-state index contributed by atoms with van der Waals surface area (Å²) in [5, 5.41) is 14.5. The van der Waals surface area contributed by atoms with E-state index in [1.165, 1.54) is 16.7 Å². The lowest BCUT2D eigenvalue weighted by Crippen LogP contribution is -2.27. The summed E-state index contributed by atoms with van der Waals surface area (Å²) in [6, 6.07) is 30.7.